The van der Waals surface area contributed by atoms with E-state index in [1.807, 2.05) is 0 Å². The molecule has 4 bridgehead atoms. The Bertz CT molecular complexity index is 1810. The van der Waals surface area contributed by atoms with Crippen LogP contribution in [0.15, 0.2) is 48.5 Å². The summed E-state index contributed by atoms with van der Waals surface area (Å²) < 4.78 is 0. The van der Waals surface area contributed by atoms with Gasteiger partial charge in [0.15, 0.2) is 0 Å². The Morgan fingerprint density at radius 3 is 1.38 bits per heavy atom. The fraction of sp³-hybridized carbons (Fsp3) is 0.467. The van der Waals surface area contributed by atoms with Crippen molar-refractivity contribution in [2.75, 3.05) is 37.9 Å². The molecule has 8 fully saturated rings. The molecule has 10 aliphatic rings. The summed E-state index contributed by atoms with van der Waals surface area (Å²) in [6, 6.07) is 14.2. The molecule has 2 aromatic carbocycles. The maximum absolute atomic E-state index is 14.7. The van der Waals surface area contributed by atoms with E-state index in [4.69, 9.17) is 0 Å². The third-order valence-electron chi connectivity index (χ3n) is 12.2. The fourth-order valence-corrected chi connectivity index (χ4v) is 17.4. The van der Waals surface area contributed by atoms with Gasteiger partial charge in [0.25, 0.3) is 23.6 Å². The Hall–Kier alpha value is -2.84. The SMILES string of the molecule is CN1C(=O)[C@]23SS[C@@]1(CO)C(=O)N2[C@H]1Nc2ccccc2[C@@]1([C@@]12c4ccccc4N[C@@H]1N1C(=O)[C@]4(CO)SS[C@]1(C(=O)N4C)[C@H]2O)[C@@H]3O. The van der Waals surface area contributed by atoms with Gasteiger partial charge in [-0.3, -0.25) is 29.0 Å². The summed E-state index contributed by atoms with van der Waals surface area (Å²) in [5, 5.41) is 54.7. The number of anilines is 2. The van der Waals surface area contributed by atoms with Gasteiger partial charge in [-0.1, -0.05) is 36.4 Å². The van der Waals surface area contributed by atoms with Crippen LogP contribution in [0.4, 0.5) is 11.4 Å². The molecule has 0 aliphatic carbocycles. The highest BCUT2D eigenvalue weighted by molar-refractivity contribution is 8.78. The van der Waals surface area contributed by atoms with Crippen LogP contribution in [0.2, 0.25) is 0 Å². The Morgan fingerprint density at radius 1 is 0.625 bits per heavy atom. The van der Waals surface area contributed by atoms with E-state index >= 15 is 0 Å². The van der Waals surface area contributed by atoms with E-state index in [1.54, 1.807) is 48.5 Å². The van der Waals surface area contributed by atoms with Gasteiger partial charge in [-0.2, -0.15) is 0 Å². The second-order valence-corrected chi connectivity index (χ2v) is 18.7. The molecule has 12 rings (SSSR count). The standard InChI is InChI=1S/C30H28N6O8S4/c1-33-23(43)29-17(39)27(13-7-3-5-9-15(13)31-19(27)35(29)21(41)25(33,11-37)45-47-29)28-14-8-4-6-10-16(14)32-20(28)36-22(42)26(12-38)34(2)24(44)30(36,18(28)40)48-46-26/h3-10,17-20,31-32,37-40H,11-12H2,1-2H3/t17-,18-,19+,20+,25-,26-,27+,28+,29-,30-/m0/s1. The molecule has 10 heterocycles. The predicted octanol–water partition coefficient (Wildman–Crippen LogP) is -0.724. The molecule has 2 spiro atoms. The molecule has 18 heteroatoms. The molecular formula is C30H28N6O8S4. The topological polar surface area (TPSA) is 186 Å². The van der Waals surface area contributed by atoms with Gasteiger partial charge in [0.05, 0.1) is 24.0 Å². The number of carbonyl (C=O) groups is 4. The maximum Gasteiger partial charge on any atom is 0.265 e. The summed E-state index contributed by atoms with van der Waals surface area (Å²) >= 11 is 0. The van der Waals surface area contributed by atoms with E-state index in [2.05, 4.69) is 10.6 Å². The van der Waals surface area contributed by atoms with Crippen LogP contribution in [-0.4, -0.2) is 135 Å². The second-order valence-electron chi connectivity index (χ2n) is 13.4. The number of benzene rings is 2. The third-order valence-corrected chi connectivity index (χ3v) is 19.4. The first kappa shape index (κ1) is 30.0. The first-order valence-electron chi connectivity index (χ1n) is 15.2. The minimum Gasteiger partial charge on any atom is -0.392 e. The van der Waals surface area contributed by atoms with E-state index in [0.717, 1.165) is 43.2 Å². The summed E-state index contributed by atoms with van der Waals surface area (Å²) in [5.41, 5.74) is -1.46. The zero-order valence-corrected chi connectivity index (χ0v) is 28.5. The molecule has 10 atom stereocenters. The molecule has 8 saturated heterocycles. The number of carbonyl (C=O) groups excluding carboxylic acids is 4. The van der Waals surface area contributed by atoms with Crippen molar-refractivity contribution in [3.8, 4) is 0 Å². The normalized spacial score (nSPS) is 45.5. The number of para-hydroxylation sites is 2. The fourth-order valence-electron chi connectivity index (χ4n) is 10.0. The van der Waals surface area contributed by atoms with Crippen molar-refractivity contribution in [3.05, 3.63) is 59.7 Å². The van der Waals surface area contributed by atoms with Crippen LogP contribution in [-0.2, 0) is 30.0 Å². The number of nitrogens with one attached hydrogen (secondary N) is 2. The van der Waals surface area contributed by atoms with Crippen molar-refractivity contribution in [1.82, 2.24) is 19.6 Å². The van der Waals surface area contributed by atoms with Crippen molar-refractivity contribution < 1.29 is 39.6 Å². The lowest BCUT2D eigenvalue weighted by molar-refractivity contribution is -0.169. The Kier molecular flexibility index (Phi) is 5.45. The average molecular weight is 729 g/mol. The molecule has 0 saturated carbocycles. The van der Waals surface area contributed by atoms with Crippen LogP contribution < -0.4 is 10.6 Å². The second kappa shape index (κ2) is 8.71. The van der Waals surface area contributed by atoms with E-state index in [0.29, 0.717) is 22.5 Å². The van der Waals surface area contributed by atoms with Crippen LogP contribution in [0.5, 0.6) is 0 Å². The molecule has 14 nitrogen and oxygen atoms in total. The number of nitrogens with zero attached hydrogens (tertiary/aromatic N) is 4. The Labute approximate surface area is 288 Å². The molecule has 0 aromatic heterocycles. The van der Waals surface area contributed by atoms with E-state index in [9.17, 15) is 39.6 Å². The molecule has 4 amide bonds. The minimum atomic E-state index is -1.91. The number of hydrogen-bond donors (Lipinski definition) is 6. The van der Waals surface area contributed by atoms with Gasteiger partial charge in [0, 0.05) is 25.5 Å². The van der Waals surface area contributed by atoms with Crippen molar-refractivity contribution in [2.24, 2.45) is 0 Å². The first-order valence-corrected chi connectivity index (χ1v) is 19.5. The Morgan fingerprint density at radius 2 is 1.00 bits per heavy atom. The first-order chi connectivity index (χ1) is 23.0. The largest absolute Gasteiger partial charge is 0.392 e. The molecule has 2 aromatic rings. The third kappa shape index (κ3) is 2.47. The number of piperazine rings is 2. The highest BCUT2D eigenvalue weighted by atomic mass is 33.1. The molecule has 48 heavy (non-hydrogen) atoms. The summed E-state index contributed by atoms with van der Waals surface area (Å²) in [6.45, 7) is -1.35. The average Bonchev–Trinajstić information content (AvgIpc) is 3.75. The highest BCUT2D eigenvalue weighted by Gasteiger charge is 2.93. The van der Waals surface area contributed by atoms with Gasteiger partial charge in [0.2, 0.25) is 19.5 Å². The highest BCUT2D eigenvalue weighted by Crippen LogP contribution is 2.78. The number of rotatable bonds is 3. The lowest BCUT2D eigenvalue weighted by Crippen LogP contribution is -2.79. The van der Waals surface area contributed by atoms with Crippen LogP contribution in [0.25, 0.3) is 0 Å². The zero-order valence-electron chi connectivity index (χ0n) is 25.2. The molecule has 10 aliphatic heterocycles. The van der Waals surface area contributed by atoms with Gasteiger partial charge in [-0.25, -0.2) is 0 Å². The van der Waals surface area contributed by atoms with Crippen molar-refractivity contribution in [1.29, 1.82) is 0 Å². The molecule has 0 radical (unpaired) electrons. The summed E-state index contributed by atoms with van der Waals surface area (Å²) in [6.07, 6.45) is -5.79. The number of aliphatic hydroxyl groups is 4. The molecule has 6 N–H and O–H groups in total. The minimum absolute atomic E-state index is 0.498. The van der Waals surface area contributed by atoms with Crippen LogP contribution in [0, 0.1) is 0 Å². The van der Waals surface area contributed by atoms with Gasteiger partial charge in [0.1, 0.15) is 24.5 Å². The van der Waals surface area contributed by atoms with E-state index in [-0.39, 0.29) is 0 Å². The van der Waals surface area contributed by atoms with Crippen LogP contribution >= 0.6 is 43.2 Å². The molecule has 250 valence electrons. The predicted molar refractivity (Wildman–Crippen MR) is 178 cm³/mol. The Balaban J connectivity index is 1.34. The quantitative estimate of drug-likeness (QED) is 0.218. The number of aliphatic hydroxyl groups excluding tert-OH is 4. The summed E-state index contributed by atoms with van der Waals surface area (Å²) in [4.78, 5) is 56.6. The monoisotopic (exact) mass is 728 g/mol. The van der Waals surface area contributed by atoms with Crippen LogP contribution in [0.1, 0.15) is 11.1 Å². The lowest BCUT2D eigenvalue weighted by atomic mass is 9.52. The lowest BCUT2D eigenvalue weighted by Gasteiger charge is -2.58. The zero-order chi connectivity index (χ0) is 33.6. The van der Waals surface area contributed by atoms with Crippen molar-refractivity contribution in [3.63, 3.8) is 0 Å². The van der Waals surface area contributed by atoms with E-state index in [1.165, 1.54) is 33.7 Å². The van der Waals surface area contributed by atoms with E-state index < -0.39 is 91.7 Å². The van der Waals surface area contributed by atoms with Gasteiger partial charge < -0.3 is 40.9 Å². The van der Waals surface area contributed by atoms with Gasteiger partial charge in [-0.15, -0.1) is 0 Å². The summed E-state index contributed by atoms with van der Waals surface area (Å²) in [5.74, 6) is -2.36. The number of fused-ring (bicyclic) bond motifs is 11. The summed E-state index contributed by atoms with van der Waals surface area (Å²) in [7, 11) is 6.89. The molecule has 0 unspecified atom stereocenters. The van der Waals surface area contributed by atoms with Gasteiger partial charge in [-0.05, 0) is 66.4 Å². The van der Waals surface area contributed by atoms with Gasteiger partial charge >= 0.3 is 0 Å². The number of amides is 4. The van der Waals surface area contributed by atoms with Crippen molar-refractivity contribution >= 4 is 78.2 Å². The smallest absolute Gasteiger partial charge is 0.265 e. The van der Waals surface area contributed by atoms with Crippen LogP contribution in [0.3, 0.4) is 0 Å². The molecular weight excluding hydrogens is 701 g/mol. The number of hydrogen-bond acceptors (Lipinski definition) is 14. The maximum atomic E-state index is 14.7. The number of likely N-dealkylation sites (N-methyl/N-ethyl adjacent to an activating group) is 2. The van der Waals surface area contributed by atoms with Crippen molar-refractivity contribution in [2.45, 2.75) is 54.9 Å².